The van der Waals surface area contributed by atoms with Gasteiger partial charge in [-0.05, 0) is 25.1 Å². The molecule has 1 amide bonds. The number of anilines is 1. The Morgan fingerprint density at radius 1 is 1.00 bits per heavy atom. The van der Waals surface area contributed by atoms with Gasteiger partial charge < -0.3 is 15.5 Å². The van der Waals surface area contributed by atoms with E-state index in [0.717, 1.165) is 18.2 Å². The summed E-state index contributed by atoms with van der Waals surface area (Å²) in [6.07, 6.45) is -0.361. The highest BCUT2D eigenvalue weighted by Gasteiger charge is 2.13. The van der Waals surface area contributed by atoms with Gasteiger partial charge in [-0.1, -0.05) is 0 Å². The van der Waals surface area contributed by atoms with Gasteiger partial charge in [-0.3, -0.25) is 9.59 Å². The standard InChI is InChI=1S/C12H11NO6/c1-6(14)2-10(15)13-9-4-7(11(16)17)3-8(5-9)12(18)19/h3-5H,2H2,1H3,(H,13,15)(H,16,17)(H,18,19). The number of Topliss-reactive ketones (excluding diaryl/α,β-unsaturated/α-hetero) is 1. The van der Waals surface area contributed by atoms with Crippen molar-refractivity contribution in [1.29, 1.82) is 0 Å². The van der Waals surface area contributed by atoms with Gasteiger partial charge in [-0.25, -0.2) is 9.59 Å². The monoisotopic (exact) mass is 265 g/mol. The Bertz CT molecular complexity index is 531. The Balaban J connectivity index is 3.06. The Kier molecular flexibility index (Phi) is 4.36. The van der Waals surface area contributed by atoms with Crippen LogP contribution in [0.3, 0.4) is 0 Å². The zero-order chi connectivity index (χ0) is 14.6. The van der Waals surface area contributed by atoms with Crippen molar-refractivity contribution in [2.45, 2.75) is 13.3 Å². The molecule has 0 fully saturated rings. The number of ketones is 1. The summed E-state index contributed by atoms with van der Waals surface area (Å²) in [5.41, 5.74) is -0.514. The zero-order valence-electron chi connectivity index (χ0n) is 9.97. The lowest BCUT2D eigenvalue weighted by Crippen LogP contribution is -2.15. The lowest BCUT2D eigenvalue weighted by atomic mass is 10.1. The molecule has 3 N–H and O–H groups in total. The number of rotatable bonds is 5. The molecule has 0 saturated heterocycles. The fourth-order valence-electron chi connectivity index (χ4n) is 1.38. The molecule has 7 nitrogen and oxygen atoms in total. The molecule has 0 bridgehead atoms. The van der Waals surface area contributed by atoms with Crippen molar-refractivity contribution in [3.63, 3.8) is 0 Å². The number of carbonyl (C=O) groups is 4. The first-order valence-corrected chi connectivity index (χ1v) is 5.20. The molecule has 0 aromatic heterocycles. The Hall–Kier alpha value is -2.70. The topological polar surface area (TPSA) is 121 Å². The van der Waals surface area contributed by atoms with Crippen molar-refractivity contribution in [1.82, 2.24) is 0 Å². The molecule has 1 aromatic rings. The second-order valence-electron chi connectivity index (χ2n) is 3.84. The van der Waals surface area contributed by atoms with Gasteiger partial charge in [-0.15, -0.1) is 0 Å². The summed E-state index contributed by atoms with van der Waals surface area (Å²) in [6.45, 7) is 1.23. The van der Waals surface area contributed by atoms with Crippen LogP contribution < -0.4 is 5.32 Å². The molecule has 1 rings (SSSR count). The quantitative estimate of drug-likeness (QED) is 0.683. The van der Waals surface area contributed by atoms with E-state index in [1.807, 2.05) is 0 Å². The SMILES string of the molecule is CC(=O)CC(=O)Nc1cc(C(=O)O)cc(C(=O)O)c1. The molecule has 0 saturated carbocycles. The molecule has 7 heteroatoms. The van der Waals surface area contributed by atoms with Gasteiger partial charge in [0.2, 0.25) is 5.91 Å². The molecule has 0 atom stereocenters. The minimum absolute atomic E-state index is 0.0172. The predicted molar refractivity (Wildman–Crippen MR) is 64.3 cm³/mol. The summed E-state index contributed by atoms with van der Waals surface area (Å²) >= 11 is 0. The van der Waals surface area contributed by atoms with E-state index in [1.165, 1.54) is 6.92 Å². The second kappa shape index (κ2) is 5.76. The van der Waals surface area contributed by atoms with E-state index in [2.05, 4.69) is 5.32 Å². The van der Waals surface area contributed by atoms with Gasteiger partial charge in [0, 0.05) is 5.69 Å². The van der Waals surface area contributed by atoms with E-state index in [0.29, 0.717) is 0 Å². The number of hydrogen-bond donors (Lipinski definition) is 3. The number of nitrogens with one attached hydrogen (secondary N) is 1. The Morgan fingerprint density at radius 3 is 1.84 bits per heavy atom. The fourth-order valence-corrected chi connectivity index (χ4v) is 1.38. The van der Waals surface area contributed by atoms with Gasteiger partial charge in [0.1, 0.15) is 5.78 Å². The number of carbonyl (C=O) groups excluding carboxylic acids is 2. The van der Waals surface area contributed by atoms with Crippen LogP contribution in [0.15, 0.2) is 18.2 Å². The van der Waals surface area contributed by atoms with Crippen LogP contribution >= 0.6 is 0 Å². The third-order valence-electron chi connectivity index (χ3n) is 2.12. The average Bonchev–Trinajstić information content (AvgIpc) is 2.26. The Labute approximate surface area is 107 Å². The van der Waals surface area contributed by atoms with Crippen LogP contribution in [0.25, 0.3) is 0 Å². The summed E-state index contributed by atoms with van der Waals surface area (Å²) in [4.78, 5) is 43.8. The normalized spacial score (nSPS) is 9.74. The van der Waals surface area contributed by atoms with E-state index < -0.39 is 17.8 Å². The highest BCUT2D eigenvalue weighted by Crippen LogP contribution is 2.16. The molecule has 100 valence electrons. The number of carboxylic acids is 2. The van der Waals surface area contributed by atoms with Crippen molar-refractivity contribution in [2.24, 2.45) is 0 Å². The maximum atomic E-state index is 11.4. The van der Waals surface area contributed by atoms with Crippen molar-refractivity contribution < 1.29 is 29.4 Å². The number of aromatic carboxylic acids is 2. The molecule has 1 aromatic carbocycles. The van der Waals surface area contributed by atoms with Gasteiger partial charge in [-0.2, -0.15) is 0 Å². The predicted octanol–water partition coefficient (Wildman–Crippen LogP) is 1.00. The Morgan fingerprint density at radius 2 is 1.47 bits per heavy atom. The summed E-state index contributed by atoms with van der Waals surface area (Å²) in [7, 11) is 0. The lowest BCUT2D eigenvalue weighted by molar-refractivity contribution is -0.124. The van der Waals surface area contributed by atoms with Crippen LogP contribution in [-0.4, -0.2) is 33.8 Å². The zero-order valence-corrected chi connectivity index (χ0v) is 9.97. The van der Waals surface area contributed by atoms with Crippen LogP contribution in [0, 0.1) is 0 Å². The maximum absolute atomic E-state index is 11.4. The van der Waals surface area contributed by atoms with E-state index in [4.69, 9.17) is 10.2 Å². The van der Waals surface area contributed by atoms with Crippen molar-refractivity contribution in [3.05, 3.63) is 29.3 Å². The average molecular weight is 265 g/mol. The third-order valence-corrected chi connectivity index (χ3v) is 2.12. The molecule has 0 heterocycles. The lowest BCUT2D eigenvalue weighted by Gasteiger charge is -2.06. The van der Waals surface area contributed by atoms with Crippen LogP contribution in [0.2, 0.25) is 0 Å². The number of carboxylic acid groups (broad SMARTS) is 2. The molecule has 19 heavy (non-hydrogen) atoms. The smallest absolute Gasteiger partial charge is 0.335 e. The summed E-state index contributed by atoms with van der Waals surface area (Å²) < 4.78 is 0. The molecule has 0 aliphatic rings. The molecular formula is C12H11NO6. The molecule has 0 radical (unpaired) electrons. The molecule has 0 spiro atoms. The van der Waals surface area contributed by atoms with E-state index in [1.54, 1.807) is 0 Å². The third kappa shape index (κ3) is 4.23. The van der Waals surface area contributed by atoms with E-state index >= 15 is 0 Å². The van der Waals surface area contributed by atoms with Gasteiger partial charge >= 0.3 is 11.9 Å². The maximum Gasteiger partial charge on any atom is 0.335 e. The minimum atomic E-state index is -1.31. The molecule has 0 unspecified atom stereocenters. The van der Waals surface area contributed by atoms with Crippen LogP contribution in [0.1, 0.15) is 34.1 Å². The summed E-state index contributed by atoms with van der Waals surface area (Å²) in [5, 5.41) is 19.9. The van der Waals surface area contributed by atoms with Gasteiger partial charge in [0.05, 0.1) is 17.5 Å². The first-order chi connectivity index (χ1) is 8.79. The number of hydrogen-bond acceptors (Lipinski definition) is 4. The highest BCUT2D eigenvalue weighted by molar-refractivity contribution is 6.04. The van der Waals surface area contributed by atoms with Gasteiger partial charge in [0.25, 0.3) is 0 Å². The van der Waals surface area contributed by atoms with E-state index in [-0.39, 0.29) is 29.0 Å². The largest absolute Gasteiger partial charge is 0.478 e. The van der Waals surface area contributed by atoms with Crippen LogP contribution in [-0.2, 0) is 9.59 Å². The first kappa shape index (κ1) is 14.4. The fraction of sp³-hybridized carbons (Fsp3) is 0.167. The van der Waals surface area contributed by atoms with Gasteiger partial charge in [0.15, 0.2) is 0 Å². The molecule has 0 aliphatic heterocycles. The minimum Gasteiger partial charge on any atom is -0.478 e. The molecular weight excluding hydrogens is 254 g/mol. The van der Waals surface area contributed by atoms with Crippen LogP contribution in [0.5, 0.6) is 0 Å². The van der Waals surface area contributed by atoms with Crippen molar-refractivity contribution >= 4 is 29.3 Å². The summed E-state index contributed by atoms with van der Waals surface area (Å²) in [6, 6.07) is 3.21. The summed E-state index contributed by atoms with van der Waals surface area (Å²) in [5.74, 6) is -3.62. The van der Waals surface area contributed by atoms with Crippen molar-refractivity contribution in [3.8, 4) is 0 Å². The van der Waals surface area contributed by atoms with Crippen LogP contribution in [0.4, 0.5) is 5.69 Å². The number of benzene rings is 1. The van der Waals surface area contributed by atoms with E-state index in [9.17, 15) is 19.2 Å². The van der Waals surface area contributed by atoms with Crippen molar-refractivity contribution in [2.75, 3.05) is 5.32 Å². The first-order valence-electron chi connectivity index (χ1n) is 5.20. The second-order valence-corrected chi connectivity index (χ2v) is 3.84. The number of amides is 1. The molecule has 0 aliphatic carbocycles. The highest BCUT2D eigenvalue weighted by atomic mass is 16.4.